The zero-order valence-corrected chi connectivity index (χ0v) is 18.4. The number of esters is 1. The molecule has 0 radical (unpaired) electrons. The molecule has 0 spiro atoms. The smallest absolute Gasteiger partial charge is 0.308 e. The minimum absolute atomic E-state index is 0.0181. The number of carbonyl (C=O) groups is 1. The Morgan fingerprint density at radius 2 is 1.94 bits per heavy atom. The van der Waals surface area contributed by atoms with Gasteiger partial charge in [-0.25, -0.2) is 4.99 Å². The van der Waals surface area contributed by atoms with Gasteiger partial charge in [-0.3, -0.25) is 4.79 Å². The summed E-state index contributed by atoms with van der Waals surface area (Å²) in [5, 5.41) is 6.97. The first-order valence-electron chi connectivity index (χ1n) is 11.0. The molecule has 31 heavy (non-hydrogen) atoms. The zero-order chi connectivity index (χ0) is 21.9. The van der Waals surface area contributed by atoms with Crippen LogP contribution in [0.4, 0.5) is 0 Å². The van der Waals surface area contributed by atoms with Gasteiger partial charge in [-0.05, 0) is 62.4 Å². The molecule has 1 aromatic carbocycles. The maximum absolute atomic E-state index is 12.0. The van der Waals surface area contributed by atoms with E-state index in [1.165, 1.54) is 0 Å². The van der Waals surface area contributed by atoms with Gasteiger partial charge < -0.3 is 24.5 Å². The average Bonchev–Trinajstić information content (AvgIpc) is 3.32. The lowest BCUT2D eigenvalue weighted by Crippen LogP contribution is -2.46. The molecular weight excluding hydrogens is 394 g/mol. The van der Waals surface area contributed by atoms with Gasteiger partial charge in [0, 0.05) is 19.0 Å². The minimum atomic E-state index is -0.0640. The highest BCUT2D eigenvalue weighted by Gasteiger charge is 2.27. The van der Waals surface area contributed by atoms with Gasteiger partial charge in [0.15, 0.2) is 5.96 Å². The zero-order valence-electron chi connectivity index (χ0n) is 18.4. The quantitative estimate of drug-likeness (QED) is 0.361. The Hall–Kier alpha value is -2.96. The van der Waals surface area contributed by atoms with E-state index in [1.54, 1.807) is 13.4 Å². The number of benzene rings is 1. The largest absolute Gasteiger partial charge is 0.497 e. The molecule has 0 saturated heterocycles. The number of rotatable bonds is 9. The highest BCUT2D eigenvalue weighted by Crippen LogP contribution is 2.25. The molecule has 1 aliphatic carbocycles. The minimum Gasteiger partial charge on any atom is -0.497 e. The Bertz CT molecular complexity index is 810. The van der Waals surface area contributed by atoms with Crippen LogP contribution in [0.1, 0.15) is 43.9 Å². The molecule has 1 aliphatic rings. The van der Waals surface area contributed by atoms with Crippen molar-refractivity contribution in [3.05, 3.63) is 54.0 Å². The summed E-state index contributed by atoms with van der Waals surface area (Å²) in [6.07, 6.45) is 6.00. The van der Waals surface area contributed by atoms with E-state index in [1.807, 2.05) is 43.3 Å². The molecule has 1 saturated carbocycles. The van der Waals surface area contributed by atoms with Gasteiger partial charge in [0.2, 0.25) is 0 Å². The van der Waals surface area contributed by atoms with Gasteiger partial charge in [0.25, 0.3) is 0 Å². The first kappa shape index (κ1) is 22.7. The van der Waals surface area contributed by atoms with Crippen LogP contribution in [0.15, 0.2) is 52.1 Å². The van der Waals surface area contributed by atoms with Crippen molar-refractivity contribution in [2.45, 2.75) is 51.6 Å². The van der Waals surface area contributed by atoms with Crippen LogP contribution in [0.3, 0.4) is 0 Å². The van der Waals surface area contributed by atoms with Crippen LogP contribution < -0.4 is 15.4 Å². The normalized spacial score (nSPS) is 19.0. The van der Waals surface area contributed by atoms with Gasteiger partial charge in [0.1, 0.15) is 11.5 Å². The number of guanidine groups is 1. The monoisotopic (exact) mass is 427 g/mol. The third-order valence-electron chi connectivity index (χ3n) is 5.51. The summed E-state index contributed by atoms with van der Waals surface area (Å²) < 4.78 is 15.8. The highest BCUT2D eigenvalue weighted by molar-refractivity contribution is 5.80. The first-order valence-corrected chi connectivity index (χ1v) is 11.0. The van der Waals surface area contributed by atoms with Crippen molar-refractivity contribution in [2.75, 3.05) is 20.3 Å². The molecule has 1 heterocycles. The second-order valence-electron chi connectivity index (χ2n) is 7.71. The number of aliphatic imine (C=N–C) groups is 1. The fraction of sp³-hybridized carbons (Fsp3) is 0.500. The molecule has 2 aromatic rings. The summed E-state index contributed by atoms with van der Waals surface area (Å²) in [7, 11) is 1.66. The fourth-order valence-corrected chi connectivity index (χ4v) is 3.74. The molecule has 0 amide bonds. The van der Waals surface area contributed by atoms with Gasteiger partial charge in [-0.1, -0.05) is 12.1 Å². The average molecular weight is 428 g/mol. The van der Waals surface area contributed by atoms with Crippen LogP contribution in [0.25, 0.3) is 0 Å². The summed E-state index contributed by atoms with van der Waals surface area (Å²) >= 11 is 0. The van der Waals surface area contributed by atoms with Crippen molar-refractivity contribution < 1.29 is 18.7 Å². The van der Waals surface area contributed by atoms with Crippen molar-refractivity contribution in [1.29, 1.82) is 0 Å². The lowest BCUT2D eigenvalue weighted by Gasteiger charge is -2.29. The number of furan rings is 1. The Morgan fingerprint density at radius 3 is 2.58 bits per heavy atom. The highest BCUT2D eigenvalue weighted by atomic mass is 16.5. The van der Waals surface area contributed by atoms with Crippen molar-refractivity contribution in [3.8, 4) is 5.75 Å². The van der Waals surface area contributed by atoms with Crippen LogP contribution in [0, 0.1) is 5.92 Å². The van der Waals surface area contributed by atoms with Gasteiger partial charge in [-0.2, -0.15) is 0 Å². The summed E-state index contributed by atoms with van der Waals surface area (Å²) in [5.74, 6) is 2.51. The topological polar surface area (TPSA) is 85.1 Å². The third kappa shape index (κ3) is 7.35. The second kappa shape index (κ2) is 12.0. The van der Waals surface area contributed by atoms with Crippen molar-refractivity contribution >= 4 is 11.9 Å². The number of nitrogens with zero attached hydrogens (tertiary/aromatic N) is 1. The molecule has 2 N–H and O–H groups in total. The standard InChI is InChI=1S/C24H33N3O4/c1-3-30-23(28)19-8-10-20(11-9-19)27-24(25-15-14-22-5-4-16-31-22)26-17-18-6-12-21(29-2)13-7-18/h4-7,12-13,16,19-20H,3,8-11,14-15,17H2,1-2H3,(H2,25,26,27). The number of methoxy groups -OCH3 is 1. The van der Waals surface area contributed by atoms with Crippen LogP contribution in [-0.2, 0) is 22.5 Å². The van der Waals surface area contributed by atoms with Crippen molar-refractivity contribution in [3.63, 3.8) is 0 Å². The Labute approximate surface area is 184 Å². The Balaban J connectivity index is 1.56. The number of carbonyl (C=O) groups excluding carboxylic acids is 1. The summed E-state index contributed by atoms with van der Waals surface area (Å²) in [6, 6.07) is 12.1. The number of nitrogens with one attached hydrogen (secondary N) is 2. The molecule has 3 rings (SSSR count). The van der Waals surface area contributed by atoms with Crippen LogP contribution in [-0.4, -0.2) is 38.2 Å². The maximum atomic E-state index is 12.0. The molecule has 0 bridgehead atoms. The van der Waals surface area contributed by atoms with E-state index >= 15 is 0 Å². The number of hydrogen-bond donors (Lipinski definition) is 2. The first-order chi connectivity index (χ1) is 15.2. The molecule has 1 aromatic heterocycles. The van der Waals surface area contributed by atoms with E-state index in [0.29, 0.717) is 13.2 Å². The molecule has 7 nitrogen and oxygen atoms in total. The van der Waals surface area contributed by atoms with Gasteiger partial charge >= 0.3 is 5.97 Å². The van der Waals surface area contributed by atoms with Crippen molar-refractivity contribution in [2.24, 2.45) is 10.9 Å². The lowest BCUT2D eigenvalue weighted by molar-refractivity contribution is -0.149. The predicted molar refractivity (Wildman–Crippen MR) is 120 cm³/mol. The maximum Gasteiger partial charge on any atom is 0.308 e. The molecule has 1 fully saturated rings. The molecule has 0 unspecified atom stereocenters. The molecule has 0 aliphatic heterocycles. The SMILES string of the molecule is CCOC(=O)C1CCC(NC(=NCc2ccc(OC)cc2)NCCc2ccco2)CC1. The van der Waals surface area contributed by atoms with Crippen molar-refractivity contribution in [1.82, 2.24) is 10.6 Å². The van der Waals surface area contributed by atoms with Crippen LogP contribution >= 0.6 is 0 Å². The fourth-order valence-electron chi connectivity index (χ4n) is 3.74. The molecule has 0 atom stereocenters. The predicted octanol–water partition coefficient (Wildman–Crippen LogP) is 3.69. The molecular formula is C24H33N3O4. The van der Waals surface area contributed by atoms with E-state index in [0.717, 1.165) is 61.7 Å². The Morgan fingerprint density at radius 1 is 1.16 bits per heavy atom. The number of ether oxygens (including phenoxy) is 2. The van der Waals surface area contributed by atoms with Gasteiger partial charge in [-0.15, -0.1) is 0 Å². The van der Waals surface area contributed by atoms with E-state index in [4.69, 9.17) is 18.9 Å². The molecule has 7 heteroatoms. The second-order valence-corrected chi connectivity index (χ2v) is 7.71. The third-order valence-corrected chi connectivity index (χ3v) is 5.51. The van der Waals surface area contributed by atoms with Crippen LogP contribution in [0.5, 0.6) is 5.75 Å². The summed E-state index contributed by atoms with van der Waals surface area (Å²) in [4.78, 5) is 16.8. The van der Waals surface area contributed by atoms with E-state index < -0.39 is 0 Å². The van der Waals surface area contributed by atoms with Crippen LogP contribution in [0.2, 0.25) is 0 Å². The summed E-state index contributed by atoms with van der Waals surface area (Å²) in [5.41, 5.74) is 1.11. The van der Waals surface area contributed by atoms with E-state index in [-0.39, 0.29) is 17.9 Å². The summed E-state index contributed by atoms with van der Waals surface area (Å²) in [6.45, 7) is 3.59. The van der Waals surface area contributed by atoms with Gasteiger partial charge in [0.05, 0.1) is 32.4 Å². The number of hydrogen-bond acceptors (Lipinski definition) is 5. The van der Waals surface area contributed by atoms with E-state index in [2.05, 4.69) is 10.6 Å². The van der Waals surface area contributed by atoms with E-state index in [9.17, 15) is 4.79 Å². The Kier molecular flexibility index (Phi) is 8.82. The molecule has 168 valence electrons. The lowest BCUT2D eigenvalue weighted by atomic mass is 9.86.